The largest absolute Gasteiger partial charge is 0.302 e. The van der Waals surface area contributed by atoms with Gasteiger partial charge in [-0.05, 0) is 37.7 Å². The molecule has 2 amide bonds. The molecule has 0 aliphatic carbocycles. The Morgan fingerprint density at radius 1 is 1.09 bits per heavy atom. The minimum atomic E-state index is -0.301. The summed E-state index contributed by atoms with van der Waals surface area (Å²) in [5.74, 6) is -0.436. The summed E-state index contributed by atoms with van der Waals surface area (Å²) in [6.07, 6.45) is 5.87. The lowest BCUT2D eigenvalue weighted by atomic mass is 10.1. The van der Waals surface area contributed by atoms with Gasteiger partial charge in [0.15, 0.2) is 5.11 Å². The summed E-state index contributed by atoms with van der Waals surface area (Å²) in [6, 6.07) is 7.20. The monoisotopic (exact) mass is 335 g/mol. The van der Waals surface area contributed by atoms with Crippen molar-refractivity contribution in [3.63, 3.8) is 0 Å². The smallest absolute Gasteiger partial charge is 0.269 e. The normalized spacial score (nSPS) is 10.0. The maximum absolute atomic E-state index is 11.9. The van der Waals surface area contributed by atoms with Crippen LogP contribution in [0.5, 0.6) is 0 Å². The molecule has 3 N–H and O–H groups in total. The van der Waals surface area contributed by atoms with Crippen molar-refractivity contribution < 1.29 is 9.59 Å². The highest BCUT2D eigenvalue weighted by molar-refractivity contribution is 7.80. The van der Waals surface area contributed by atoms with E-state index in [9.17, 15) is 9.59 Å². The molecule has 0 saturated carbocycles. The fraction of sp³-hybridized carbons (Fsp3) is 0.471. The first-order valence-electron chi connectivity index (χ1n) is 7.99. The summed E-state index contributed by atoms with van der Waals surface area (Å²) < 4.78 is 0. The Bertz CT molecular complexity index is 546. The van der Waals surface area contributed by atoms with Crippen LogP contribution in [0.1, 0.15) is 61.4 Å². The summed E-state index contributed by atoms with van der Waals surface area (Å²) in [7, 11) is 0. The van der Waals surface area contributed by atoms with Crippen molar-refractivity contribution in [1.29, 1.82) is 0 Å². The molecule has 6 heteroatoms. The minimum absolute atomic E-state index is 0.101. The van der Waals surface area contributed by atoms with E-state index in [2.05, 4.69) is 23.1 Å². The van der Waals surface area contributed by atoms with Crippen LogP contribution >= 0.6 is 12.2 Å². The van der Waals surface area contributed by atoms with Crippen LogP contribution in [0.3, 0.4) is 0 Å². The number of carbonyl (C=O) groups excluding carboxylic acids is 2. The predicted molar refractivity (Wildman–Crippen MR) is 95.9 cm³/mol. The third-order valence-electron chi connectivity index (χ3n) is 3.33. The molecule has 0 unspecified atom stereocenters. The lowest BCUT2D eigenvalue weighted by molar-refractivity contribution is -0.119. The van der Waals surface area contributed by atoms with Gasteiger partial charge in [0.2, 0.25) is 5.91 Å². The summed E-state index contributed by atoms with van der Waals surface area (Å²) in [5.41, 5.74) is 6.54. The quantitative estimate of drug-likeness (QED) is 0.407. The summed E-state index contributed by atoms with van der Waals surface area (Å²) in [5, 5.41) is 2.66. The molecule has 0 aromatic heterocycles. The Labute approximate surface area is 143 Å². The number of benzene rings is 1. The average Bonchev–Trinajstić information content (AvgIpc) is 2.52. The second kappa shape index (κ2) is 10.7. The number of amides is 2. The topological polar surface area (TPSA) is 70.2 Å². The number of thiocarbonyl (C=S) groups is 1. The standard InChI is InChI=1S/C17H25N3O2S/c1-3-4-5-6-7-11-15(21)18-17(23)20-19-16(22)14-10-8-9-13(2)12-14/h8-10,12H,3-7,11H2,1-2H3,(H,19,22)(H2,18,20,21,23). The van der Waals surface area contributed by atoms with Crippen LogP contribution in [-0.2, 0) is 4.79 Å². The first kappa shape index (κ1) is 19.1. The number of nitrogens with one attached hydrogen (secondary N) is 3. The predicted octanol–water partition coefficient (Wildman–Crippen LogP) is 2.99. The van der Waals surface area contributed by atoms with Crippen molar-refractivity contribution >= 4 is 29.1 Å². The van der Waals surface area contributed by atoms with E-state index in [0.29, 0.717) is 12.0 Å². The molecular formula is C17H25N3O2S. The molecule has 1 rings (SSSR count). The number of hydrazine groups is 1. The number of unbranched alkanes of at least 4 members (excludes halogenated alkanes) is 4. The molecule has 1 aromatic rings. The molecule has 0 atom stereocenters. The maximum atomic E-state index is 11.9. The van der Waals surface area contributed by atoms with Crippen molar-refractivity contribution in [3.8, 4) is 0 Å². The Morgan fingerprint density at radius 3 is 2.52 bits per heavy atom. The molecule has 1 aromatic carbocycles. The third kappa shape index (κ3) is 8.30. The van der Waals surface area contributed by atoms with E-state index < -0.39 is 0 Å². The fourth-order valence-electron chi connectivity index (χ4n) is 2.08. The first-order chi connectivity index (χ1) is 11.0. The van der Waals surface area contributed by atoms with Crippen molar-refractivity contribution in [2.75, 3.05) is 0 Å². The van der Waals surface area contributed by atoms with Gasteiger partial charge in [-0.2, -0.15) is 0 Å². The number of hydrogen-bond donors (Lipinski definition) is 3. The molecule has 0 heterocycles. The fourth-order valence-corrected chi connectivity index (χ4v) is 2.25. The third-order valence-corrected chi connectivity index (χ3v) is 3.53. The van der Waals surface area contributed by atoms with Gasteiger partial charge in [-0.25, -0.2) is 0 Å². The highest BCUT2D eigenvalue weighted by Crippen LogP contribution is 2.05. The van der Waals surface area contributed by atoms with Crippen LogP contribution < -0.4 is 16.2 Å². The molecule has 0 radical (unpaired) electrons. The minimum Gasteiger partial charge on any atom is -0.302 e. The van der Waals surface area contributed by atoms with Gasteiger partial charge in [0.05, 0.1) is 0 Å². The molecule has 0 saturated heterocycles. The Kier molecular flexibility index (Phi) is 8.90. The van der Waals surface area contributed by atoms with Gasteiger partial charge in [-0.3, -0.25) is 20.4 Å². The van der Waals surface area contributed by atoms with Crippen LogP contribution in [0.15, 0.2) is 24.3 Å². The number of hydrogen-bond acceptors (Lipinski definition) is 3. The Morgan fingerprint density at radius 2 is 1.83 bits per heavy atom. The van der Waals surface area contributed by atoms with E-state index in [-0.39, 0.29) is 16.9 Å². The Balaban J connectivity index is 2.23. The molecule has 23 heavy (non-hydrogen) atoms. The number of aryl methyl sites for hydroxylation is 1. The van der Waals surface area contributed by atoms with Crippen molar-refractivity contribution in [2.24, 2.45) is 0 Å². The van der Waals surface area contributed by atoms with Gasteiger partial charge in [0.1, 0.15) is 0 Å². The summed E-state index contributed by atoms with van der Waals surface area (Å²) >= 11 is 4.99. The van der Waals surface area contributed by atoms with Gasteiger partial charge >= 0.3 is 0 Å². The molecular weight excluding hydrogens is 310 g/mol. The van der Waals surface area contributed by atoms with Gasteiger partial charge in [-0.1, -0.05) is 50.3 Å². The summed E-state index contributed by atoms with van der Waals surface area (Å²) in [4.78, 5) is 23.6. The lowest BCUT2D eigenvalue weighted by Gasteiger charge is -2.11. The van der Waals surface area contributed by atoms with E-state index in [1.54, 1.807) is 12.1 Å². The molecule has 0 aliphatic rings. The van der Waals surface area contributed by atoms with E-state index >= 15 is 0 Å². The van der Waals surface area contributed by atoms with E-state index in [1.165, 1.54) is 12.8 Å². The molecule has 5 nitrogen and oxygen atoms in total. The zero-order chi connectivity index (χ0) is 17.1. The van der Waals surface area contributed by atoms with Crippen LogP contribution in [-0.4, -0.2) is 16.9 Å². The first-order valence-corrected chi connectivity index (χ1v) is 8.40. The highest BCUT2D eigenvalue weighted by atomic mass is 32.1. The van der Waals surface area contributed by atoms with Gasteiger partial charge in [0.25, 0.3) is 5.91 Å². The number of carbonyl (C=O) groups is 2. The molecule has 0 aliphatic heterocycles. The molecule has 0 bridgehead atoms. The van der Waals surface area contributed by atoms with E-state index in [4.69, 9.17) is 12.2 Å². The van der Waals surface area contributed by atoms with Gasteiger partial charge in [-0.15, -0.1) is 0 Å². The second-order valence-corrected chi connectivity index (χ2v) is 5.90. The highest BCUT2D eigenvalue weighted by Gasteiger charge is 2.07. The van der Waals surface area contributed by atoms with Gasteiger partial charge < -0.3 is 5.32 Å². The van der Waals surface area contributed by atoms with E-state index in [1.807, 2.05) is 19.1 Å². The SMILES string of the molecule is CCCCCCCC(=O)NC(=S)NNC(=O)c1cccc(C)c1. The lowest BCUT2D eigenvalue weighted by Crippen LogP contribution is -2.48. The van der Waals surface area contributed by atoms with Gasteiger partial charge in [0, 0.05) is 12.0 Å². The zero-order valence-corrected chi connectivity index (χ0v) is 14.6. The van der Waals surface area contributed by atoms with E-state index in [0.717, 1.165) is 24.8 Å². The number of rotatable bonds is 7. The average molecular weight is 335 g/mol. The summed E-state index contributed by atoms with van der Waals surface area (Å²) in [6.45, 7) is 4.07. The Hall–Kier alpha value is -1.95. The van der Waals surface area contributed by atoms with Crippen molar-refractivity contribution in [3.05, 3.63) is 35.4 Å². The van der Waals surface area contributed by atoms with Crippen LogP contribution in [0.2, 0.25) is 0 Å². The van der Waals surface area contributed by atoms with Crippen molar-refractivity contribution in [2.45, 2.75) is 52.4 Å². The van der Waals surface area contributed by atoms with Crippen LogP contribution in [0.4, 0.5) is 0 Å². The molecule has 0 fully saturated rings. The maximum Gasteiger partial charge on any atom is 0.269 e. The van der Waals surface area contributed by atoms with Crippen molar-refractivity contribution in [1.82, 2.24) is 16.2 Å². The second-order valence-electron chi connectivity index (χ2n) is 5.49. The van der Waals surface area contributed by atoms with Crippen LogP contribution in [0, 0.1) is 6.92 Å². The molecule has 126 valence electrons. The van der Waals surface area contributed by atoms with Crippen LogP contribution in [0.25, 0.3) is 0 Å². The molecule has 0 spiro atoms. The zero-order valence-electron chi connectivity index (χ0n) is 13.8.